The lowest BCUT2D eigenvalue weighted by atomic mass is 10.1. The molecule has 2 aromatic carbocycles. The Morgan fingerprint density at radius 2 is 1.79 bits per heavy atom. The van der Waals surface area contributed by atoms with Crippen LogP contribution >= 0.6 is 0 Å². The van der Waals surface area contributed by atoms with Crippen LogP contribution in [0.4, 0.5) is 5.69 Å². The van der Waals surface area contributed by atoms with Gasteiger partial charge in [-0.1, -0.05) is 47.5 Å². The summed E-state index contributed by atoms with van der Waals surface area (Å²) < 4.78 is 4.47. The van der Waals surface area contributed by atoms with Crippen LogP contribution in [0, 0.1) is 20.8 Å². The molecule has 0 bridgehead atoms. The fourth-order valence-corrected chi connectivity index (χ4v) is 3.90. The number of fused-ring (bicyclic) bond motifs is 1. The van der Waals surface area contributed by atoms with E-state index in [0.717, 1.165) is 30.6 Å². The van der Waals surface area contributed by atoms with Crippen molar-refractivity contribution >= 4 is 11.6 Å². The smallest absolute Gasteiger partial charge is 0.266 e. The lowest BCUT2D eigenvalue weighted by Gasteiger charge is -2.08. The van der Waals surface area contributed by atoms with Crippen molar-refractivity contribution in [2.75, 3.05) is 5.32 Å². The maximum absolute atomic E-state index is 12.7. The Morgan fingerprint density at radius 3 is 2.50 bits per heavy atom. The van der Waals surface area contributed by atoms with Crippen molar-refractivity contribution in [2.24, 2.45) is 0 Å². The fourth-order valence-electron chi connectivity index (χ4n) is 3.90. The van der Waals surface area contributed by atoms with E-state index < -0.39 is 0 Å². The van der Waals surface area contributed by atoms with E-state index in [9.17, 15) is 4.79 Å². The predicted octanol–water partition coefficient (Wildman–Crippen LogP) is 0.957. The molecular formula is C23H26ClN3O. The number of nitrogens with zero attached hydrogens (tertiary/aromatic N) is 2. The molecule has 146 valence electrons. The molecule has 3 aromatic rings. The Labute approximate surface area is 172 Å². The van der Waals surface area contributed by atoms with Crippen molar-refractivity contribution in [1.82, 2.24) is 4.57 Å². The van der Waals surface area contributed by atoms with Gasteiger partial charge in [-0.05, 0) is 38.8 Å². The second-order valence-electron chi connectivity index (χ2n) is 7.55. The molecule has 2 heterocycles. The van der Waals surface area contributed by atoms with E-state index in [4.69, 9.17) is 0 Å². The minimum Gasteiger partial charge on any atom is -1.00 e. The molecule has 28 heavy (non-hydrogen) atoms. The van der Waals surface area contributed by atoms with Gasteiger partial charge in [-0.3, -0.25) is 4.79 Å². The summed E-state index contributed by atoms with van der Waals surface area (Å²) in [6.45, 7) is 7.55. The number of amides is 1. The molecule has 1 N–H and O–H groups in total. The molecule has 1 aliphatic rings. The SMILES string of the molecule is Cc1ccc(-c2c[n+](CC(=O)Nc3ccc(C)cc3C)c3n2CCC3)cc1.[Cl-]. The van der Waals surface area contributed by atoms with Crippen LogP contribution < -0.4 is 22.3 Å². The van der Waals surface area contributed by atoms with Gasteiger partial charge in [-0.15, -0.1) is 0 Å². The minimum absolute atomic E-state index is 0. The summed E-state index contributed by atoms with van der Waals surface area (Å²) in [5.74, 6) is 1.25. The van der Waals surface area contributed by atoms with Gasteiger partial charge in [0, 0.05) is 11.3 Å². The first-order chi connectivity index (χ1) is 13.0. The summed E-state index contributed by atoms with van der Waals surface area (Å²) >= 11 is 0. The predicted molar refractivity (Wildman–Crippen MR) is 108 cm³/mol. The quantitative estimate of drug-likeness (QED) is 0.656. The normalized spacial score (nSPS) is 12.4. The van der Waals surface area contributed by atoms with Crippen molar-refractivity contribution < 1.29 is 21.8 Å². The third-order valence-corrected chi connectivity index (χ3v) is 5.31. The van der Waals surface area contributed by atoms with Crippen LogP contribution in [-0.2, 0) is 24.3 Å². The molecule has 1 amide bonds. The first-order valence-electron chi connectivity index (χ1n) is 9.57. The van der Waals surface area contributed by atoms with Crippen LogP contribution in [0.5, 0.6) is 0 Å². The van der Waals surface area contributed by atoms with E-state index in [1.807, 2.05) is 19.1 Å². The van der Waals surface area contributed by atoms with Crippen LogP contribution in [0.2, 0.25) is 0 Å². The molecular weight excluding hydrogens is 370 g/mol. The maximum atomic E-state index is 12.7. The van der Waals surface area contributed by atoms with E-state index in [0.29, 0.717) is 6.54 Å². The minimum atomic E-state index is 0. The number of carbonyl (C=O) groups is 1. The van der Waals surface area contributed by atoms with E-state index in [1.54, 1.807) is 0 Å². The third kappa shape index (κ3) is 3.97. The van der Waals surface area contributed by atoms with Gasteiger partial charge in [-0.25, -0.2) is 9.13 Å². The first-order valence-corrected chi connectivity index (χ1v) is 9.57. The lowest BCUT2D eigenvalue weighted by molar-refractivity contribution is -0.690. The molecule has 0 saturated heterocycles. The average molecular weight is 396 g/mol. The topological polar surface area (TPSA) is 37.9 Å². The summed E-state index contributed by atoms with van der Waals surface area (Å²) in [5.41, 5.74) is 6.84. The highest BCUT2D eigenvalue weighted by Gasteiger charge is 2.29. The van der Waals surface area contributed by atoms with E-state index >= 15 is 0 Å². The van der Waals surface area contributed by atoms with Crippen molar-refractivity contribution in [2.45, 2.75) is 46.7 Å². The molecule has 1 aromatic heterocycles. The van der Waals surface area contributed by atoms with Crippen LogP contribution in [0.3, 0.4) is 0 Å². The molecule has 0 spiro atoms. The van der Waals surface area contributed by atoms with Crippen molar-refractivity contribution in [1.29, 1.82) is 0 Å². The zero-order chi connectivity index (χ0) is 19.0. The highest BCUT2D eigenvalue weighted by Crippen LogP contribution is 2.25. The number of rotatable bonds is 4. The van der Waals surface area contributed by atoms with Gasteiger partial charge >= 0.3 is 0 Å². The number of benzene rings is 2. The van der Waals surface area contributed by atoms with E-state index in [-0.39, 0.29) is 18.3 Å². The Balaban J connectivity index is 0.00000225. The van der Waals surface area contributed by atoms with Gasteiger partial charge in [0.2, 0.25) is 0 Å². The van der Waals surface area contributed by atoms with Crippen LogP contribution in [-0.4, -0.2) is 10.5 Å². The summed E-state index contributed by atoms with van der Waals surface area (Å²) in [5, 5.41) is 3.06. The molecule has 5 heteroatoms. The number of carbonyl (C=O) groups excluding carboxylic acids is 1. The maximum Gasteiger partial charge on any atom is 0.266 e. The van der Waals surface area contributed by atoms with Gasteiger partial charge < -0.3 is 17.7 Å². The largest absolute Gasteiger partial charge is 1.00 e. The van der Waals surface area contributed by atoms with Crippen molar-refractivity contribution in [3.63, 3.8) is 0 Å². The van der Waals surface area contributed by atoms with Crippen molar-refractivity contribution in [3.05, 3.63) is 71.2 Å². The van der Waals surface area contributed by atoms with Gasteiger partial charge in [0.25, 0.3) is 11.7 Å². The second-order valence-corrected chi connectivity index (χ2v) is 7.55. The number of imidazole rings is 1. The third-order valence-electron chi connectivity index (χ3n) is 5.31. The Kier molecular flexibility index (Phi) is 5.90. The van der Waals surface area contributed by atoms with Crippen LogP contribution in [0.15, 0.2) is 48.7 Å². The molecule has 1 aliphatic heterocycles. The molecule has 0 saturated carbocycles. The molecule has 0 unspecified atom stereocenters. The van der Waals surface area contributed by atoms with E-state index in [2.05, 4.69) is 64.8 Å². The highest BCUT2D eigenvalue weighted by atomic mass is 35.5. The molecule has 0 radical (unpaired) electrons. The Hall–Kier alpha value is -2.59. The number of nitrogens with one attached hydrogen (secondary N) is 1. The molecule has 0 atom stereocenters. The number of aromatic nitrogens is 2. The lowest BCUT2D eigenvalue weighted by Crippen LogP contribution is -3.00. The average Bonchev–Trinajstić information content (AvgIpc) is 3.22. The summed E-state index contributed by atoms with van der Waals surface area (Å²) in [4.78, 5) is 12.7. The Morgan fingerprint density at radius 1 is 1.07 bits per heavy atom. The molecule has 4 rings (SSSR count). The fraction of sp³-hybridized carbons (Fsp3) is 0.304. The number of halogens is 1. The summed E-state index contributed by atoms with van der Waals surface area (Å²) in [7, 11) is 0. The number of hydrogen-bond donors (Lipinski definition) is 1. The highest BCUT2D eigenvalue weighted by molar-refractivity contribution is 5.90. The monoisotopic (exact) mass is 395 g/mol. The van der Waals surface area contributed by atoms with E-state index in [1.165, 1.54) is 28.2 Å². The van der Waals surface area contributed by atoms with Crippen molar-refractivity contribution in [3.8, 4) is 11.3 Å². The molecule has 0 fully saturated rings. The zero-order valence-electron chi connectivity index (χ0n) is 16.6. The van der Waals surface area contributed by atoms with Crippen LogP contribution in [0.25, 0.3) is 11.3 Å². The zero-order valence-corrected chi connectivity index (χ0v) is 17.4. The number of anilines is 1. The molecule has 0 aliphatic carbocycles. The first kappa shape index (κ1) is 20.2. The van der Waals surface area contributed by atoms with Crippen LogP contribution in [0.1, 0.15) is 28.9 Å². The standard InChI is InChI=1S/C23H25N3O.ClH/c1-16-6-9-19(10-7-16)21-14-25(23-5-4-12-26(21)23)15-22(27)24-20-11-8-17(2)13-18(20)3;/h6-11,13-14H,4-5,12,15H2,1-3H3;1H. The molecule has 4 nitrogen and oxygen atoms in total. The summed E-state index contributed by atoms with van der Waals surface area (Å²) in [6, 6.07) is 14.7. The van der Waals surface area contributed by atoms with Gasteiger partial charge in [0.05, 0.1) is 13.0 Å². The Bertz CT molecular complexity index is 1010. The van der Waals surface area contributed by atoms with Gasteiger partial charge in [-0.2, -0.15) is 0 Å². The number of aryl methyl sites for hydroxylation is 3. The number of hydrogen-bond acceptors (Lipinski definition) is 1. The van der Waals surface area contributed by atoms with Gasteiger partial charge in [0.15, 0.2) is 12.2 Å². The second kappa shape index (κ2) is 8.19. The van der Waals surface area contributed by atoms with Gasteiger partial charge in [0.1, 0.15) is 6.20 Å². The summed E-state index contributed by atoms with van der Waals surface area (Å²) in [6.07, 6.45) is 4.27.